The van der Waals surface area contributed by atoms with Gasteiger partial charge in [-0.3, -0.25) is 9.05 Å². The van der Waals surface area contributed by atoms with Crippen molar-refractivity contribution in [1.82, 2.24) is 0 Å². The molecular formula is C10H23O10P. The normalized spacial score (nSPS) is 13.7. The SMILES string of the molecule is O=P(O)(OCC(CO)(CO)CO)OCC(CO)(CO)CO. The Morgan fingerprint density at radius 3 is 1.10 bits per heavy atom. The van der Waals surface area contributed by atoms with Gasteiger partial charge in [0.25, 0.3) is 0 Å². The van der Waals surface area contributed by atoms with Gasteiger partial charge >= 0.3 is 7.82 Å². The van der Waals surface area contributed by atoms with Crippen LogP contribution in [0.4, 0.5) is 0 Å². The summed E-state index contributed by atoms with van der Waals surface area (Å²) in [6.07, 6.45) is 0. The number of aliphatic hydroxyl groups is 6. The van der Waals surface area contributed by atoms with E-state index in [4.69, 9.17) is 30.6 Å². The van der Waals surface area contributed by atoms with Gasteiger partial charge in [0.2, 0.25) is 0 Å². The van der Waals surface area contributed by atoms with Crippen LogP contribution in [0.3, 0.4) is 0 Å². The molecule has 0 spiro atoms. The highest BCUT2D eigenvalue weighted by Crippen LogP contribution is 2.45. The third-order valence-corrected chi connectivity index (χ3v) is 3.99. The molecule has 0 heterocycles. The van der Waals surface area contributed by atoms with Crippen LogP contribution in [0, 0.1) is 10.8 Å². The number of phosphoric acid groups is 1. The average molecular weight is 334 g/mol. The van der Waals surface area contributed by atoms with Gasteiger partial charge in [-0.05, 0) is 0 Å². The molecule has 0 unspecified atom stereocenters. The molecule has 0 atom stereocenters. The predicted octanol–water partition coefficient (Wildman–Crippen LogP) is -2.95. The molecule has 0 fully saturated rings. The first-order valence-corrected chi connectivity index (χ1v) is 7.55. The minimum absolute atomic E-state index is 0.658. The lowest BCUT2D eigenvalue weighted by atomic mass is 9.93. The van der Waals surface area contributed by atoms with Crippen LogP contribution in [0.15, 0.2) is 0 Å². The summed E-state index contributed by atoms with van der Waals surface area (Å²) in [6.45, 7) is -5.44. The van der Waals surface area contributed by atoms with Crippen molar-refractivity contribution in [3.05, 3.63) is 0 Å². The smallest absolute Gasteiger partial charge is 0.396 e. The van der Waals surface area contributed by atoms with E-state index in [2.05, 4.69) is 9.05 Å². The average Bonchev–Trinajstić information content (AvgIpc) is 2.51. The molecule has 10 nitrogen and oxygen atoms in total. The largest absolute Gasteiger partial charge is 0.472 e. The van der Waals surface area contributed by atoms with Gasteiger partial charge in [-0.2, -0.15) is 0 Å². The molecule has 0 aliphatic rings. The number of hydrogen-bond donors (Lipinski definition) is 7. The van der Waals surface area contributed by atoms with Crippen LogP contribution in [0.1, 0.15) is 0 Å². The number of phosphoric ester groups is 1. The van der Waals surface area contributed by atoms with E-state index >= 15 is 0 Å². The van der Waals surface area contributed by atoms with E-state index in [-0.39, 0.29) is 0 Å². The zero-order valence-electron chi connectivity index (χ0n) is 11.5. The van der Waals surface area contributed by atoms with E-state index in [1.54, 1.807) is 0 Å². The zero-order chi connectivity index (χ0) is 16.6. The van der Waals surface area contributed by atoms with E-state index in [0.29, 0.717) is 0 Å². The molecule has 0 saturated heterocycles. The molecule has 0 saturated carbocycles. The second-order valence-corrected chi connectivity index (χ2v) is 6.42. The lowest BCUT2D eigenvalue weighted by Crippen LogP contribution is -2.39. The first-order chi connectivity index (χ1) is 9.78. The van der Waals surface area contributed by atoms with Crippen LogP contribution in [-0.4, -0.2) is 88.4 Å². The van der Waals surface area contributed by atoms with Gasteiger partial charge in [0, 0.05) is 0 Å². The maximum Gasteiger partial charge on any atom is 0.472 e. The molecule has 0 amide bonds. The number of aliphatic hydroxyl groups excluding tert-OH is 6. The van der Waals surface area contributed by atoms with E-state index < -0.39 is 71.5 Å². The van der Waals surface area contributed by atoms with Crippen LogP contribution in [-0.2, 0) is 13.6 Å². The zero-order valence-corrected chi connectivity index (χ0v) is 12.4. The monoisotopic (exact) mass is 334 g/mol. The molecular weight excluding hydrogens is 311 g/mol. The van der Waals surface area contributed by atoms with Gasteiger partial charge in [-0.25, -0.2) is 4.57 Å². The summed E-state index contributed by atoms with van der Waals surface area (Å²) in [6, 6.07) is 0. The third-order valence-electron chi connectivity index (χ3n) is 3.08. The molecule has 0 radical (unpaired) electrons. The Hall–Kier alpha value is -0.130. The Morgan fingerprint density at radius 2 is 0.905 bits per heavy atom. The van der Waals surface area contributed by atoms with Crippen LogP contribution >= 0.6 is 7.82 Å². The van der Waals surface area contributed by atoms with Gasteiger partial charge in [0.05, 0.1) is 63.7 Å². The van der Waals surface area contributed by atoms with Gasteiger partial charge in [-0.1, -0.05) is 0 Å². The summed E-state index contributed by atoms with van der Waals surface area (Å²) < 4.78 is 20.7. The predicted molar refractivity (Wildman–Crippen MR) is 69.1 cm³/mol. The van der Waals surface area contributed by atoms with E-state index in [9.17, 15) is 9.46 Å². The minimum Gasteiger partial charge on any atom is -0.396 e. The molecule has 0 aromatic carbocycles. The molecule has 11 heteroatoms. The summed E-state index contributed by atoms with van der Waals surface area (Å²) in [5.41, 5.74) is -3.02. The molecule has 0 bridgehead atoms. The van der Waals surface area contributed by atoms with Crippen LogP contribution in [0.25, 0.3) is 0 Å². The van der Waals surface area contributed by atoms with E-state index in [1.807, 2.05) is 0 Å². The lowest BCUT2D eigenvalue weighted by Gasteiger charge is -2.30. The third kappa shape index (κ3) is 6.25. The minimum atomic E-state index is -4.63. The van der Waals surface area contributed by atoms with Crippen LogP contribution in [0.5, 0.6) is 0 Å². The van der Waals surface area contributed by atoms with Crippen molar-refractivity contribution >= 4 is 7.82 Å². The Bertz CT molecular complexity index is 283. The van der Waals surface area contributed by atoms with E-state index in [1.165, 1.54) is 0 Å². The summed E-state index contributed by atoms with van der Waals surface area (Å²) in [5.74, 6) is 0. The van der Waals surface area contributed by atoms with Crippen LogP contribution < -0.4 is 0 Å². The highest BCUT2D eigenvalue weighted by Gasteiger charge is 2.36. The summed E-state index contributed by atoms with van der Waals surface area (Å²) in [7, 11) is -4.63. The van der Waals surface area contributed by atoms with Crippen molar-refractivity contribution in [2.75, 3.05) is 52.9 Å². The Kier molecular flexibility index (Phi) is 9.05. The molecule has 21 heavy (non-hydrogen) atoms. The Morgan fingerprint density at radius 1 is 0.667 bits per heavy atom. The first kappa shape index (κ1) is 20.9. The molecule has 0 aliphatic carbocycles. The lowest BCUT2D eigenvalue weighted by molar-refractivity contribution is -0.0498. The van der Waals surface area contributed by atoms with Crippen molar-refractivity contribution < 1.29 is 49.1 Å². The fraction of sp³-hybridized carbons (Fsp3) is 1.00. The van der Waals surface area contributed by atoms with E-state index in [0.717, 1.165) is 0 Å². The van der Waals surface area contributed by atoms with Crippen molar-refractivity contribution in [3.63, 3.8) is 0 Å². The molecule has 0 aliphatic heterocycles. The quantitative estimate of drug-likeness (QED) is 0.182. The number of hydrogen-bond acceptors (Lipinski definition) is 9. The second kappa shape index (κ2) is 9.11. The fourth-order valence-corrected chi connectivity index (χ4v) is 2.00. The van der Waals surface area contributed by atoms with Crippen LogP contribution in [0.2, 0.25) is 0 Å². The van der Waals surface area contributed by atoms with Crippen molar-refractivity contribution in [2.24, 2.45) is 10.8 Å². The van der Waals surface area contributed by atoms with Crippen molar-refractivity contribution in [1.29, 1.82) is 0 Å². The maximum absolute atomic E-state index is 11.6. The molecule has 128 valence electrons. The fourth-order valence-electron chi connectivity index (χ4n) is 1.05. The van der Waals surface area contributed by atoms with Gasteiger partial charge < -0.3 is 35.5 Å². The highest BCUT2D eigenvalue weighted by molar-refractivity contribution is 7.47. The summed E-state index contributed by atoms with van der Waals surface area (Å²) in [4.78, 5) is 9.44. The molecule has 0 rings (SSSR count). The Balaban J connectivity index is 4.60. The van der Waals surface area contributed by atoms with Gasteiger partial charge in [0.15, 0.2) is 0 Å². The first-order valence-electron chi connectivity index (χ1n) is 6.05. The summed E-state index contributed by atoms with van der Waals surface area (Å²) in [5, 5.41) is 54.2. The van der Waals surface area contributed by atoms with Crippen molar-refractivity contribution in [2.45, 2.75) is 0 Å². The van der Waals surface area contributed by atoms with Crippen molar-refractivity contribution in [3.8, 4) is 0 Å². The highest BCUT2D eigenvalue weighted by atomic mass is 31.2. The van der Waals surface area contributed by atoms with Gasteiger partial charge in [0.1, 0.15) is 0 Å². The second-order valence-electron chi connectivity index (χ2n) is 4.96. The van der Waals surface area contributed by atoms with Gasteiger partial charge in [-0.15, -0.1) is 0 Å². The topological polar surface area (TPSA) is 177 Å². The maximum atomic E-state index is 11.6. The standard InChI is InChI=1S/C10H23O10P/c11-1-9(2-12,3-13)7-19-21(17,18)20-8-10(4-14,5-15)6-16/h11-16H,1-8H2,(H,17,18). The molecule has 0 aromatic heterocycles. The Labute approximate surface area is 121 Å². The number of rotatable bonds is 12. The molecule has 7 N–H and O–H groups in total. The summed E-state index contributed by atoms with van der Waals surface area (Å²) >= 11 is 0. The molecule has 0 aromatic rings.